The maximum absolute atomic E-state index is 12.6. The van der Waals surface area contributed by atoms with Gasteiger partial charge in [0.1, 0.15) is 5.75 Å². The van der Waals surface area contributed by atoms with E-state index in [0.717, 1.165) is 17.4 Å². The first-order valence-electron chi connectivity index (χ1n) is 6.69. The predicted molar refractivity (Wildman–Crippen MR) is 79.3 cm³/mol. The Hall–Kier alpha value is -1.03. The summed E-state index contributed by atoms with van der Waals surface area (Å²) in [6.45, 7) is 7.20. The maximum atomic E-state index is 12.6. The molecule has 0 aliphatic carbocycles. The Morgan fingerprint density at radius 1 is 1.37 bits per heavy atom. The van der Waals surface area contributed by atoms with E-state index in [9.17, 15) is 9.90 Å². The van der Waals surface area contributed by atoms with E-state index < -0.39 is 0 Å². The molecule has 3 nitrogen and oxygen atoms in total. The van der Waals surface area contributed by atoms with Crippen LogP contribution in [-0.2, 0) is 0 Å². The fourth-order valence-corrected chi connectivity index (χ4v) is 3.17. The molecule has 3 unspecified atom stereocenters. The van der Waals surface area contributed by atoms with Crippen LogP contribution in [0.25, 0.3) is 0 Å². The van der Waals surface area contributed by atoms with Gasteiger partial charge in [-0.25, -0.2) is 0 Å². The molecule has 0 aromatic heterocycles. The number of hydrogen-bond donors (Lipinski definition) is 1. The summed E-state index contributed by atoms with van der Waals surface area (Å²) < 4.78 is 0.773. The Morgan fingerprint density at radius 2 is 2.05 bits per heavy atom. The van der Waals surface area contributed by atoms with Gasteiger partial charge in [-0.05, 0) is 43.4 Å². The number of nitrogens with zero attached hydrogens (tertiary/aromatic N) is 1. The van der Waals surface area contributed by atoms with Crippen LogP contribution in [0.2, 0.25) is 0 Å². The van der Waals surface area contributed by atoms with E-state index in [1.54, 1.807) is 18.2 Å². The van der Waals surface area contributed by atoms with E-state index in [0.29, 0.717) is 17.4 Å². The molecule has 1 fully saturated rings. The van der Waals surface area contributed by atoms with Gasteiger partial charge >= 0.3 is 0 Å². The van der Waals surface area contributed by atoms with Crippen LogP contribution in [0.1, 0.15) is 37.6 Å². The van der Waals surface area contributed by atoms with Crippen molar-refractivity contribution in [1.82, 2.24) is 4.90 Å². The number of piperidine rings is 1. The fourth-order valence-electron chi connectivity index (χ4n) is 2.82. The molecule has 104 valence electrons. The summed E-state index contributed by atoms with van der Waals surface area (Å²) in [7, 11) is 0. The molecule has 0 saturated carbocycles. The van der Waals surface area contributed by atoms with Gasteiger partial charge in [0.05, 0.1) is 5.56 Å². The van der Waals surface area contributed by atoms with Gasteiger partial charge in [0.15, 0.2) is 0 Å². The van der Waals surface area contributed by atoms with Crippen LogP contribution in [0.15, 0.2) is 22.7 Å². The third kappa shape index (κ3) is 2.94. The van der Waals surface area contributed by atoms with E-state index >= 15 is 0 Å². The number of aromatic hydroxyl groups is 1. The van der Waals surface area contributed by atoms with Crippen molar-refractivity contribution in [1.29, 1.82) is 0 Å². The van der Waals surface area contributed by atoms with Crippen molar-refractivity contribution in [2.75, 3.05) is 6.54 Å². The lowest BCUT2D eigenvalue weighted by Crippen LogP contribution is -2.48. The first-order valence-corrected chi connectivity index (χ1v) is 7.49. The van der Waals surface area contributed by atoms with Gasteiger partial charge in [-0.2, -0.15) is 0 Å². The normalized spacial score (nSPS) is 27.4. The van der Waals surface area contributed by atoms with E-state index in [2.05, 4.69) is 36.7 Å². The van der Waals surface area contributed by atoms with Crippen molar-refractivity contribution < 1.29 is 9.90 Å². The van der Waals surface area contributed by atoms with E-state index in [4.69, 9.17) is 0 Å². The van der Waals surface area contributed by atoms with E-state index in [1.165, 1.54) is 0 Å². The first-order chi connectivity index (χ1) is 8.90. The van der Waals surface area contributed by atoms with Crippen molar-refractivity contribution in [3.05, 3.63) is 28.2 Å². The minimum atomic E-state index is -0.0732. The van der Waals surface area contributed by atoms with E-state index in [-0.39, 0.29) is 17.7 Å². The van der Waals surface area contributed by atoms with Crippen LogP contribution in [0.4, 0.5) is 0 Å². The number of hydrogen-bond acceptors (Lipinski definition) is 2. The Kier molecular flexibility index (Phi) is 4.19. The second-order valence-corrected chi connectivity index (χ2v) is 6.59. The molecule has 1 aromatic carbocycles. The third-order valence-corrected chi connectivity index (χ3v) is 4.54. The standard InChI is InChI=1S/C15H20BrNO2/c1-9-6-10(2)11(3)17(8-9)15(19)13-5-4-12(16)7-14(13)18/h4-5,7,9-11,18H,6,8H2,1-3H3. The molecule has 1 amide bonds. The summed E-state index contributed by atoms with van der Waals surface area (Å²) in [6, 6.07) is 5.24. The molecule has 4 heteroatoms. The predicted octanol–water partition coefficient (Wildman–Crippen LogP) is 3.66. The molecule has 0 radical (unpaired) electrons. The lowest BCUT2D eigenvalue weighted by atomic mass is 9.85. The average molecular weight is 326 g/mol. The van der Waals surface area contributed by atoms with Crippen molar-refractivity contribution in [2.24, 2.45) is 11.8 Å². The lowest BCUT2D eigenvalue weighted by Gasteiger charge is -2.41. The quantitative estimate of drug-likeness (QED) is 0.855. The first kappa shape index (κ1) is 14.4. The molecule has 1 heterocycles. The van der Waals surface area contributed by atoms with Gasteiger partial charge in [-0.1, -0.05) is 29.8 Å². The number of rotatable bonds is 1. The van der Waals surface area contributed by atoms with Gasteiger partial charge in [0.2, 0.25) is 0 Å². The number of likely N-dealkylation sites (tertiary alicyclic amines) is 1. The molecule has 1 aliphatic rings. The minimum absolute atomic E-state index is 0.0393. The number of phenolic OH excluding ortho intramolecular Hbond substituents is 1. The SMILES string of the molecule is CC1CC(C)C(C)N(C(=O)c2ccc(Br)cc2O)C1. The zero-order valence-electron chi connectivity index (χ0n) is 11.6. The number of amides is 1. The minimum Gasteiger partial charge on any atom is -0.507 e. The molecule has 2 rings (SSSR count). The zero-order valence-corrected chi connectivity index (χ0v) is 13.1. The Morgan fingerprint density at radius 3 is 2.68 bits per heavy atom. The van der Waals surface area contributed by atoms with Gasteiger partial charge in [-0.3, -0.25) is 4.79 Å². The van der Waals surface area contributed by atoms with Crippen molar-refractivity contribution >= 4 is 21.8 Å². The van der Waals surface area contributed by atoms with Gasteiger partial charge in [0.25, 0.3) is 5.91 Å². The summed E-state index contributed by atoms with van der Waals surface area (Å²) in [5, 5.41) is 9.93. The monoisotopic (exact) mass is 325 g/mol. The van der Waals surface area contributed by atoms with Crippen LogP contribution in [0.3, 0.4) is 0 Å². The van der Waals surface area contributed by atoms with Crippen LogP contribution in [0.5, 0.6) is 5.75 Å². The summed E-state index contributed by atoms with van der Waals surface area (Å²) >= 11 is 3.29. The Balaban J connectivity index is 2.27. The van der Waals surface area contributed by atoms with Gasteiger partial charge in [0, 0.05) is 17.1 Å². The van der Waals surface area contributed by atoms with Crippen molar-refractivity contribution in [3.8, 4) is 5.75 Å². The molecule has 1 saturated heterocycles. The molecule has 19 heavy (non-hydrogen) atoms. The maximum Gasteiger partial charge on any atom is 0.257 e. The number of benzene rings is 1. The Labute approximate surface area is 122 Å². The zero-order chi connectivity index (χ0) is 14.2. The smallest absolute Gasteiger partial charge is 0.257 e. The highest BCUT2D eigenvalue weighted by Crippen LogP contribution is 2.30. The molecule has 0 spiro atoms. The summed E-state index contributed by atoms with van der Waals surface area (Å²) in [4.78, 5) is 14.5. The number of carbonyl (C=O) groups excluding carboxylic acids is 1. The lowest BCUT2D eigenvalue weighted by molar-refractivity contribution is 0.0453. The van der Waals surface area contributed by atoms with Crippen molar-refractivity contribution in [3.63, 3.8) is 0 Å². The summed E-state index contributed by atoms with van der Waals surface area (Å²) in [5.74, 6) is 0.964. The molecule has 1 aliphatic heterocycles. The second kappa shape index (κ2) is 5.53. The molecule has 0 bridgehead atoms. The van der Waals surface area contributed by atoms with Crippen LogP contribution < -0.4 is 0 Å². The molecule has 1 N–H and O–H groups in total. The number of phenols is 1. The van der Waals surface area contributed by atoms with Crippen LogP contribution in [0, 0.1) is 11.8 Å². The number of halogens is 1. The summed E-state index contributed by atoms with van der Waals surface area (Å²) in [6.07, 6.45) is 1.15. The van der Waals surface area contributed by atoms with E-state index in [1.807, 2.05) is 4.90 Å². The highest BCUT2D eigenvalue weighted by Gasteiger charge is 2.33. The second-order valence-electron chi connectivity index (χ2n) is 5.68. The van der Waals surface area contributed by atoms with Crippen molar-refractivity contribution in [2.45, 2.75) is 33.2 Å². The highest BCUT2D eigenvalue weighted by molar-refractivity contribution is 9.10. The third-order valence-electron chi connectivity index (χ3n) is 4.05. The molecule has 3 atom stereocenters. The Bertz CT molecular complexity index is 489. The topological polar surface area (TPSA) is 40.5 Å². The van der Waals surface area contributed by atoms with Gasteiger partial charge in [-0.15, -0.1) is 0 Å². The molecular formula is C15H20BrNO2. The molecular weight excluding hydrogens is 306 g/mol. The fraction of sp³-hybridized carbons (Fsp3) is 0.533. The van der Waals surface area contributed by atoms with Crippen LogP contribution >= 0.6 is 15.9 Å². The average Bonchev–Trinajstić information content (AvgIpc) is 2.33. The van der Waals surface area contributed by atoms with Gasteiger partial charge < -0.3 is 10.0 Å². The van der Waals surface area contributed by atoms with Crippen LogP contribution in [-0.4, -0.2) is 28.5 Å². The summed E-state index contributed by atoms with van der Waals surface area (Å²) in [5.41, 5.74) is 0.386. The number of carbonyl (C=O) groups is 1. The highest BCUT2D eigenvalue weighted by atomic mass is 79.9. The largest absolute Gasteiger partial charge is 0.507 e. The molecule has 1 aromatic rings.